The van der Waals surface area contributed by atoms with Crippen LogP contribution in [0.1, 0.15) is 33.1 Å². The maximum Gasteiger partial charge on any atom is 0.262 e. The number of aliphatic hydroxyl groups is 1. The zero-order chi connectivity index (χ0) is 19.4. The molecule has 3 fully saturated rings. The lowest BCUT2D eigenvalue weighted by molar-refractivity contribution is -0.184. The van der Waals surface area contributed by atoms with Crippen molar-refractivity contribution in [2.24, 2.45) is 5.92 Å². The van der Waals surface area contributed by atoms with Crippen molar-refractivity contribution in [1.29, 1.82) is 0 Å². The third-order valence-corrected chi connectivity index (χ3v) is 5.86. The Labute approximate surface area is 158 Å². The molecular formula is C20H25NO6. The van der Waals surface area contributed by atoms with Crippen LogP contribution in [0.15, 0.2) is 24.3 Å². The van der Waals surface area contributed by atoms with E-state index >= 15 is 0 Å². The summed E-state index contributed by atoms with van der Waals surface area (Å²) < 4.78 is 16.8. The number of ether oxygens (including phenoxy) is 3. The first-order chi connectivity index (χ1) is 12.8. The Balaban J connectivity index is 1.70. The summed E-state index contributed by atoms with van der Waals surface area (Å²) in [5.41, 5.74) is -1.11. The van der Waals surface area contributed by atoms with Crippen LogP contribution in [0.5, 0.6) is 5.75 Å². The molecule has 2 saturated heterocycles. The molecule has 1 aliphatic carbocycles. The standard InChI is InChI=1S/C20H25NO6/c1-19(2)26-11-16(27-19)17-20(24,14-5-4-6-15(14)22)18(23)21(17)12-7-9-13(25-3)10-8-12/h7-10,14,16-17,24H,4-6,11H2,1-3H3/t14-,16-,17+,20-/m1/s1. The minimum absolute atomic E-state index is 0.0524. The Hall–Kier alpha value is -1.96. The topological polar surface area (TPSA) is 85.3 Å². The van der Waals surface area contributed by atoms with E-state index < -0.39 is 35.4 Å². The fourth-order valence-electron chi connectivity index (χ4n) is 4.55. The van der Waals surface area contributed by atoms with Crippen LogP contribution in [-0.2, 0) is 19.1 Å². The van der Waals surface area contributed by atoms with Crippen LogP contribution >= 0.6 is 0 Å². The number of anilines is 1. The van der Waals surface area contributed by atoms with Crippen LogP contribution in [0.4, 0.5) is 5.69 Å². The predicted octanol–water partition coefficient (Wildman–Crippen LogP) is 1.66. The predicted molar refractivity (Wildman–Crippen MR) is 96.5 cm³/mol. The Morgan fingerprint density at radius 2 is 1.93 bits per heavy atom. The highest BCUT2D eigenvalue weighted by Gasteiger charge is 2.69. The number of benzene rings is 1. The van der Waals surface area contributed by atoms with E-state index in [1.807, 2.05) is 0 Å². The van der Waals surface area contributed by atoms with Gasteiger partial charge in [-0.15, -0.1) is 0 Å². The minimum atomic E-state index is -1.75. The zero-order valence-corrected chi connectivity index (χ0v) is 15.8. The van der Waals surface area contributed by atoms with Crippen LogP contribution in [-0.4, -0.2) is 54.0 Å². The first kappa shape index (κ1) is 18.4. The van der Waals surface area contributed by atoms with Crippen LogP contribution in [0.25, 0.3) is 0 Å². The second-order valence-corrected chi connectivity index (χ2v) is 7.92. The summed E-state index contributed by atoms with van der Waals surface area (Å²) in [6.45, 7) is 3.84. The van der Waals surface area contributed by atoms with E-state index in [1.165, 1.54) is 4.90 Å². The van der Waals surface area contributed by atoms with E-state index in [1.54, 1.807) is 45.2 Å². The summed E-state index contributed by atoms with van der Waals surface area (Å²) in [5.74, 6) is -1.31. The lowest BCUT2D eigenvalue weighted by atomic mass is 9.69. The molecule has 1 aromatic carbocycles. The van der Waals surface area contributed by atoms with Gasteiger partial charge >= 0.3 is 0 Å². The Morgan fingerprint density at radius 3 is 2.44 bits per heavy atom. The van der Waals surface area contributed by atoms with Crippen molar-refractivity contribution in [2.75, 3.05) is 18.6 Å². The summed E-state index contributed by atoms with van der Waals surface area (Å²) in [7, 11) is 1.57. The molecule has 1 aromatic rings. The Morgan fingerprint density at radius 1 is 1.22 bits per heavy atom. The van der Waals surface area contributed by atoms with Crippen LogP contribution < -0.4 is 9.64 Å². The highest BCUT2D eigenvalue weighted by molar-refractivity contribution is 6.11. The van der Waals surface area contributed by atoms with E-state index in [-0.39, 0.29) is 12.4 Å². The van der Waals surface area contributed by atoms with Crippen LogP contribution in [0.3, 0.4) is 0 Å². The van der Waals surface area contributed by atoms with Gasteiger partial charge in [-0.05, 0) is 51.0 Å². The van der Waals surface area contributed by atoms with Gasteiger partial charge in [-0.25, -0.2) is 0 Å². The van der Waals surface area contributed by atoms with Gasteiger partial charge in [-0.1, -0.05) is 0 Å². The Kier molecular flexibility index (Phi) is 4.29. The molecule has 7 nitrogen and oxygen atoms in total. The van der Waals surface area contributed by atoms with Gasteiger partial charge in [0.15, 0.2) is 11.4 Å². The van der Waals surface area contributed by atoms with Gasteiger partial charge in [-0.3, -0.25) is 9.59 Å². The number of Topliss-reactive ketones (excluding diaryl/α,β-unsaturated/α-hetero) is 1. The van der Waals surface area contributed by atoms with Crippen molar-refractivity contribution in [2.45, 2.75) is 56.6 Å². The van der Waals surface area contributed by atoms with E-state index in [9.17, 15) is 14.7 Å². The van der Waals surface area contributed by atoms with E-state index in [0.717, 1.165) is 0 Å². The molecule has 0 radical (unpaired) electrons. The smallest absolute Gasteiger partial charge is 0.262 e. The molecule has 0 unspecified atom stereocenters. The van der Waals surface area contributed by atoms with Gasteiger partial charge in [0.2, 0.25) is 0 Å². The average molecular weight is 375 g/mol. The summed E-state index contributed by atoms with van der Waals surface area (Å²) in [6, 6.07) is 6.37. The second kappa shape index (κ2) is 6.29. The summed E-state index contributed by atoms with van der Waals surface area (Å²) >= 11 is 0. The van der Waals surface area contributed by atoms with Crippen molar-refractivity contribution >= 4 is 17.4 Å². The monoisotopic (exact) mass is 375 g/mol. The molecular weight excluding hydrogens is 350 g/mol. The second-order valence-electron chi connectivity index (χ2n) is 7.92. The van der Waals surface area contributed by atoms with Gasteiger partial charge in [0, 0.05) is 12.1 Å². The zero-order valence-electron chi connectivity index (χ0n) is 15.8. The molecule has 2 heterocycles. The lowest BCUT2D eigenvalue weighted by Crippen LogP contribution is -2.81. The van der Waals surface area contributed by atoms with E-state index in [0.29, 0.717) is 30.7 Å². The number of amides is 1. The van der Waals surface area contributed by atoms with Gasteiger partial charge in [-0.2, -0.15) is 0 Å². The van der Waals surface area contributed by atoms with Gasteiger partial charge in [0.1, 0.15) is 23.7 Å². The third kappa shape index (κ3) is 2.76. The molecule has 0 spiro atoms. The maximum atomic E-state index is 13.1. The summed E-state index contributed by atoms with van der Waals surface area (Å²) in [5, 5.41) is 11.4. The van der Waals surface area contributed by atoms with Gasteiger partial charge in [0.05, 0.1) is 19.6 Å². The molecule has 0 bridgehead atoms. The number of rotatable bonds is 4. The largest absolute Gasteiger partial charge is 0.497 e. The highest BCUT2D eigenvalue weighted by Crippen LogP contribution is 2.48. The Bertz CT molecular complexity index is 760. The van der Waals surface area contributed by atoms with Crippen LogP contribution in [0, 0.1) is 5.92 Å². The minimum Gasteiger partial charge on any atom is -0.497 e. The molecule has 27 heavy (non-hydrogen) atoms. The molecule has 3 aliphatic rings. The number of carbonyl (C=O) groups is 2. The summed E-state index contributed by atoms with van der Waals surface area (Å²) in [4.78, 5) is 27.0. The van der Waals surface area contributed by atoms with Crippen molar-refractivity contribution in [3.05, 3.63) is 24.3 Å². The SMILES string of the molecule is COc1ccc(N2C(=O)[C@@](O)([C@@H]3CCCC3=O)[C@@H]2[C@H]2COC(C)(C)O2)cc1. The van der Waals surface area contributed by atoms with Gasteiger partial charge in [0.25, 0.3) is 5.91 Å². The maximum absolute atomic E-state index is 13.1. The number of β-lactam (4-membered cyclic amide) rings is 1. The third-order valence-electron chi connectivity index (χ3n) is 5.86. The normalized spacial score (nSPS) is 35.4. The molecule has 2 aliphatic heterocycles. The molecule has 1 N–H and O–H groups in total. The van der Waals surface area contributed by atoms with E-state index in [4.69, 9.17) is 14.2 Å². The van der Waals surface area contributed by atoms with Crippen molar-refractivity contribution < 1.29 is 28.9 Å². The van der Waals surface area contributed by atoms with Gasteiger partial charge < -0.3 is 24.2 Å². The quantitative estimate of drug-likeness (QED) is 0.806. The molecule has 1 saturated carbocycles. The lowest BCUT2D eigenvalue weighted by Gasteiger charge is -2.56. The van der Waals surface area contributed by atoms with Crippen LogP contribution in [0.2, 0.25) is 0 Å². The number of hydrogen-bond acceptors (Lipinski definition) is 6. The van der Waals surface area contributed by atoms with Crippen molar-refractivity contribution in [3.8, 4) is 5.75 Å². The van der Waals surface area contributed by atoms with E-state index in [2.05, 4.69) is 0 Å². The number of ketones is 1. The number of carbonyl (C=O) groups excluding carboxylic acids is 2. The fraction of sp³-hybridized carbons (Fsp3) is 0.600. The molecule has 4 atom stereocenters. The molecule has 4 rings (SSSR count). The fourth-order valence-corrected chi connectivity index (χ4v) is 4.55. The van der Waals surface area contributed by atoms with Crippen molar-refractivity contribution in [3.63, 3.8) is 0 Å². The number of methoxy groups -OCH3 is 1. The average Bonchev–Trinajstić information content (AvgIpc) is 3.23. The number of hydrogen-bond donors (Lipinski definition) is 1. The molecule has 0 aromatic heterocycles. The summed E-state index contributed by atoms with van der Waals surface area (Å²) in [6.07, 6.45) is 1.11. The molecule has 146 valence electrons. The highest BCUT2D eigenvalue weighted by atomic mass is 16.7. The first-order valence-electron chi connectivity index (χ1n) is 9.32. The first-order valence-corrected chi connectivity index (χ1v) is 9.32. The van der Waals surface area contributed by atoms with Crippen molar-refractivity contribution in [1.82, 2.24) is 0 Å². The number of nitrogens with zero attached hydrogens (tertiary/aromatic N) is 1. The molecule has 7 heteroatoms. The molecule has 1 amide bonds.